The largest absolute Gasteiger partial charge is 0.478 e. The van der Waals surface area contributed by atoms with Crippen LogP contribution >= 0.6 is 11.6 Å². The van der Waals surface area contributed by atoms with Crippen molar-refractivity contribution in [2.75, 3.05) is 12.4 Å². The van der Waals surface area contributed by atoms with E-state index in [9.17, 15) is 9.59 Å². The van der Waals surface area contributed by atoms with Gasteiger partial charge in [-0.1, -0.05) is 18.5 Å². The Morgan fingerprint density at radius 2 is 2.11 bits per heavy atom. The standard InChI is InChI=1S/C13H17ClN2O3/c1-4-8(2)16(3)13(19)15-11-7-9(12(17)18)5-6-10(11)14/h5-8H,4H2,1-3H3,(H,15,19)(H,17,18). The van der Waals surface area contributed by atoms with Crippen LogP contribution in [-0.4, -0.2) is 35.1 Å². The quantitative estimate of drug-likeness (QED) is 0.891. The van der Waals surface area contributed by atoms with E-state index < -0.39 is 5.97 Å². The van der Waals surface area contributed by atoms with Crippen LogP contribution < -0.4 is 5.32 Å². The topological polar surface area (TPSA) is 69.6 Å². The number of carboxylic acid groups (broad SMARTS) is 1. The van der Waals surface area contributed by atoms with Gasteiger partial charge in [-0.15, -0.1) is 0 Å². The van der Waals surface area contributed by atoms with Crippen molar-refractivity contribution in [1.82, 2.24) is 4.90 Å². The Labute approximate surface area is 117 Å². The predicted octanol–water partition coefficient (Wildman–Crippen LogP) is 3.30. The van der Waals surface area contributed by atoms with Gasteiger partial charge < -0.3 is 15.3 Å². The third kappa shape index (κ3) is 3.86. The molecule has 0 radical (unpaired) electrons. The van der Waals surface area contributed by atoms with Crippen molar-refractivity contribution >= 4 is 29.3 Å². The molecule has 2 amide bonds. The van der Waals surface area contributed by atoms with E-state index in [0.717, 1.165) is 6.42 Å². The summed E-state index contributed by atoms with van der Waals surface area (Å²) in [5.41, 5.74) is 0.368. The molecule has 2 N–H and O–H groups in total. The van der Waals surface area contributed by atoms with Gasteiger partial charge in [-0.25, -0.2) is 9.59 Å². The van der Waals surface area contributed by atoms with E-state index in [1.165, 1.54) is 18.2 Å². The van der Waals surface area contributed by atoms with Crippen LogP contribution in [0.1, 0.15) is 30.6 Å². The minimum absolute atomic E-state index is 0.0749. The number of rotatable bonds is 4. The van der Waals surface area contributed by atoms with Gasteiger partial charge in [0, 0.05) is 13.1 Å². The second kappa shape index (κ2) is 6.43. The Kier molecular flexibility index (Phi) is 5.18. The van der Waals surface area contributed by atoms with Gasteiger partial charge in [-0.2, -0.15) is 0 Å². The Morgan fingerprint density at radius 1 is 1.47 bits per heavy atom. The Bertz CT molecular complexity index is 491. The monoisotopic (exact) mass is 284 g/mol. The maximum absolute atomic E-state index is 12.0. The average Bonchev–Trinajstić information content (AvgIpc) is 2.38. The number of aromatic carboxylic acids is 1. The number of urea groups is 1. The fourth-order valence-corrected chi connectivity index (χ4v) is 1.60. The number of amides is 2. The van der Waals surface area contributed by atoms with E-state index in [1.807, 2.05) is 13.8 Å². The number of hydrogen-bond donors (Lipinski definition) is 2. The van der Waals surface area contributed by atoms with Crippen molar-refractivity contribution in [3.8, 4) is 0 Å². The van der Waals surface area contributed by atoms with Crippen LogP contribution in [0.3, 0.4) is 0 Å². The highest BCUT2D eigenvalue weighted by Gasteiger charge is 2.16. The first kappa shape index (κ1) is 15.3. The lowest BCUT2D eigenvalue weighted by Gasteiger charge is -2.24. The molecule has 0 fully saturated rings. The summed E-state index contributed by atoms with van der Waals surface area (Å²) in [6.07, 6.45) is 0.826. The lowest BCUT2D eigenvalue weighted by Crippen LogP contribution is -2.37. The molecule has 19 heavy (non-hydrogen) atoms. The molecule has 5 nitrogen and oxygen atoms in total. The molecular weight excluding hydrogens is 268 g/mol. The first-order valence-electron chi connectivity index (χ1n) is 5.93. The van der Waals surface area contributed by atoms with E-state index in [4.69, 9.17) is 16.7 Å². The molecule has 1 aromatic rings. The van der Waals surface area contributed by atoms with Gasteiger partial charge in [0.25, 0.3) is 0 Å². The highest BCUT2D eigenvalue weighted by Crippen LogP contribution is 2.23. The van der Waals surface area contributed by atoms with E-state index in [0.29, 0.717) is 10.7 Å². The molecule has 0 aliphatic carbocycles. The fourth-order valence-electron chi connectivity index (χ4n) is 1.43. The van der Waals surface area contributed by atoms with Crippen LogP contribution in [0, 0.1) is 0 Å². The van der Waals surface area contributed by atoms with Crippen LogP contribution in [0.4, 0.5) is 10.5 Å². The highest BCUT2D eigenvalue weighted by molar-refractivity contribution is 6.33. The lowest BCUT2D eigenvalue weighted by atomic mass is 10.2. The zero-order chi connectivity index (χ0) is 14.6. The predicted molar refractivity (Wildman–Crippen MR) is 74.9 cm³/mol. The van der Waals surface area contributed by atoms with E-state index in [2.05, 4.69) is 5.32 Å². The number of nitrogens with one attached hydrogen (secondary N) is 1. The number of nitrogens with zero attached hydrogens (tertiary/aromatic N) is 1. The van der Waals surface area contributed by atoms with Crippen molar-refractivity contribution in [2.45, 2.75) is 26.3 Å². The summed E-state index contributed by atoms with van der Waals surface area (Å²) in [5.74, 6) is -1.07. The minimum Gasteiger partial charge on any atom is -0.478 e. The van der Waals surface area contributed by atoms with Crippen LogP contribution in [0.2, 0.25) is 5.02 Å². The maximum atomic E-state index is 12.0. The summed E-state index contributed by atoms with van der Waals surface area (Å²) in [7, 11) is 1.68. The van der Waals surface area contributed by atoms with Crippen molar-refractivity contribution < 1.29 is 14.7 Å². The van der Waals surface area contributed by atoms with Crippen LogP contribution in [0.5, 0.6) is 0 Å². The average molecular weight is 285 g/mol. The van der Waals surface area contributed by atoms with Gasteiger partial charge >= 0.3 is 12.0 Å². The number of carbonyl (C=O) groups is 2. The molecular formula is C13H17ClN2O3. The van der Waals surface area contributed by atoms with Gasteiger partial charge in [0.15, 0.2) is 0 Å². The van der Waals surface area contributed by atoms with Gasteiger partial charge in [0.2, 0.25) is 0 Å². The second-order valence-corrected chi connectivity index (χ2v) is 4.71. The number of benzene rings is 1. The number of anilines is 1. The van der Waals surface area contributed by atoms with E-state index in [1.54, 1.807) is 11.9 Å². The number of carbonyl (C=O) groups excluding carboxylic acids is 1. The van der Waals surface area contributed by atoms with Gasteiger partial charge in [0.1, 0.15) is 0 Å². The molecule has 0 aliphatic rings. The molecule has 6 heteroatoms. The molecule has 104 valence electrons. The highest BCUT2D eigenvalue weighted by atomic mass is 35.5. The zero-order valence-corrected chi connectivity index (χ0v) is 11.9. The zero-order valence-electron chi connectivity index (χ0n) is 11.1. The van der Waals surface area contributed by atoms with Crippen molar-refractivity contribution in [3.05, 3.63) is 28.8 Å². The number of carboxylic acids is 1. The second-order valence-electron chi connectivity index (χ2n) is 4.30. The Balaban J connectivity index is 2.90. The first-order chi connectivity index (χ1) is 8.86. The molecule has 1 aromatic carbocycles. The molecule has 0 spiro atoms. The maximum Gasteiger partial charge on any atom is 0.335 e. The molecule has 1 atom stereocenters. The summed E-state index contributed by atoms with van der Waals surface area (Å²) < 4.78 is 0. The Hall–Kier alpha value is -1.75. The molecule has 0 aromatic heterocycles. The molecule has 0 bridgehead atoms. The molecule has 0 aliphatic heterocycles. The summed E-state index contributed by atoms with van der Waals surface area (Å²) in [6, 6.07) is 3.94. The summed E-state index contributed by atoms with van der Waals surface area (Å²) in [5, 5.41) is 11.8. The van der Waals surface area contributed by atoms with Gasteiger partial charge in [-0.05, 0) is 31.5 Å². The van der Waals surface area contributed by atoms with Crippen molar-refractivity contribution in [3.63, 3.8) is 0 Å². The number of hydrogen-bond acceptors (Lipinski definition) is 2. The van der Waals surface area contributed by atoms with Crippen LogP contribution in [-0.2, 0) is 0 Å². The Morgan fingerprint density at radius 3 is 2.63 bits per heavy atom. The molecule has 1 rings (SSSR count). The normalized spacial score (nSPS) is 11.8. The summed E-state index contributed by atoms with van der Waals surface area (Å²) >= 11 is 5.94. The van der Waals surface area contributed by atoms with Crippen LogP contribution in [0.25, 0.3) is 0 Å². The van der Waals surface area contributed by atoms with Gasteiger partial charge in [-0.3, -0.25) is 0 Å². The number of halogens is 1. The minimum atomic E-state index is -1.07. The van der Waals surface area contributed by atoms with Crippen LogP contribution in [0.15, 0.2) is 18.2 Å². The molecule has 0 saturated carbocycles. The van der Waals surface area contributed by atoms with Crippen molar-refractivity contribution in [2.24, 2.45) is 0 Å². The smallest absolute Gasteiger partial charge is 0.335 e. The third-order valence-corrected chi connectivity index (χ3v) is 3.36. The first-order valence-corrected chi connectivity index (χ1v) is 6.31. The SMILES string of the molecule is CCC(C)N(C)C(=O)Nc1cc(C(=O)O)ccc1Cl. The lowest BCUT2D eigenvalue weighted by molar-refractivity contribution is 0.0697. The summed E-state index contributed by atoms with van der Waals surface area (Å²) in [6.45, 7) is 3.90. The summed E-state index contributed by atoms with van der Waals surface area (Å²) in [4.78, 5) is 24.4. The fraction of sp³-hybridized carbons (Fsp3) is 0.385. The third-order valence-electron chi connectivity index (χ3n) is 3.03. The van der Waals surface area contributed by atoms with E-state index in [-0.39, 0.29) is 17.6 Å². The molecule has 0 heterocycles. The molecule has 1 unspecified atom stereocenters. The molecule has 0 saturated heterocycles. The van der Waals surface area contributed by atoms with Gasteiger partial charge in [0.05, 0.1) is 16.3 Å². The van der Waals surface area contributed by atoms with Crippen molar-refractivity contribution in [1.29, 1.82) is 0 Å². The van der Waals surface area contributed by atoms with E-state index >= 15 is 0 Å².